The molecule has 0 atom stereocenters. The number of carbonyl (C=O) groups excluding carboxylic acids is 2. The van der Waals surface area contributed by atoms with E-state index in [0.29, 0.717) is 11.1 Å². The standard InChI is InChI=1S/C16H22N2O2S3/c1-15(2,3)17-13(19)11-9-7-8-10-12(11)14(20)18(16(4,5)6)22-23-21-17/h7-10H,1-6H3. The summed E-state index contributed by atoms with van der Waals surface area (Å²) in [7, 11) is 4.20. The third kappa shape index (κ3) is 4.00. The van der Waals surface area contributed by atoms with E-state index >= 15 is 0 Å². The van der Waals surface area contributed by atoms with Gasteiger partial charge in [0, 0.05) is 42.9 Å². The maximum atomic E-state index is 13.0. The Kier molecular flexibility index (Phi) is 5.33. The third-order valence-corrected chi connectivity index (χ3v) is 7.39. The summed E-state index contributed by atoms with van der Waals surface area (Å²) in [6.07, 6.45) is 0. The van der Waals surface area contributed by atoms with Crippen molar-refractivity contribution in [3.05, 3.63) is 35.4 Å². The summed E-state index contributed by atoms with van der Waals surface area (Å²) in [6.45, 7) is 12.0. The maximum Gasteiger partial charge on any atom is 0.265 e. The van der Waals surface area contributed by atoms with E-state index in [1.54, 1.807) is 32.9 Å². The predicted molar refractivity (Wildman–Crippen MR) is 101 cm³/mol. The van der Waals surface area contributed by atoms with Gasteiger partial charge in [-0.05, 0) is 53.7 Å². The van der Waals surface area contributed by atoms with Crippen LogP contribution >= 0.6 is 31.8 Å². The van der Waals surface area contributed by atoms with Crippen LogP contribution in [0.15, 0.2) is 24.3 Å². The molecule has 126 valence electrons. The van der Waals surface area contributed by atoms with Crippen LogP contribution in [0.3, 0.4) is 0 Å². The molecule has 0 N–H and O–H groups in total. The number of fused-ring (bicyclic) bond motifs is 1. The topological polar surface area (TPSA) is 40.6 Å². The van der Waals surface area contributed by atoms with Gasteiger partial charge in [-0.25, -0.2) is 0 Å². The summed E-state index contributed by atoms with van der Waals surface area (Å²) in [5.41, 5.74) is 0.222. The van der Waals surface area contributed by atoms with Crippen LogP contribution in [0, 0.1) is 0 Å². The molecular weight excluding hydrogens is 348 g/mol. The Balaban J connectivity index is 2.57. The minimum atomic E-state index is -0.345. The second-order valence-corrected chi connectivity index (χ2v) is 11.0. The number of rotatable bonds is 0. The summed E-state index contributed by atoms with van der Waals surface area (Å²) in [6, 6.07) is 7.07. The van der Waals surface area contributed by atoms with Crippen molar-refractivity contribution in [1.29, 1.82) is 0 Å². The summed E-state index contributed by atoms with van der Waals surface area (Å²) in [4.78, 5) is 26.0. The predicted octanol–water partition coefficient (Wildman–Crippen LogP) is 5.04. The van der Waals surface area contributed by atoms with Gasteiger partial charge in [0.25, 0.3) is 11.8 Å². The summed E-state index contributed by atoms with van der Waals surface area (Å²) in [5.74, 6) is -0.259. The molecule has 0 fully saturated rings. The molecule has 0 radical (unpaired) electrons. The lowest BCUT2D eigenvalue weighted by Gasteiger charge is -2.34. The van der Waals surface area contributed by atoms with Crippen LogP contribution in [0.1, 0.15) is 62.3 Å². The first kappa shape index (κ1) is 18.5. The van der Waals surface area contributed by atoms with Gasteiger partial charge in [0.1, 0.15) is 0 Å². The first-order valence-corrected chi connectivity index (χ1v) is 10.7. The van der Waals surface area contributed by atoms with Gasteiger partial charge < -0.3 is 0 Å². The lowest BCUT2D eigenvalue weighted by Crippen LogP contribution is -2.41. The van der Waals surface area contributed by atoms with E-state index in [4.69, 9.17) is 0 Å². The fourth-order valence-corrected chi connectivity index (χ4v) is 6.51. The second-order valence-electron chi connectivity index (χ2n) is 7.30. The van der Waals surface area contributed by atoms with E-state index in [-0.39, 0.29) is 22.9 Å². The highest BCUT2D eigenvalue weighted by Crippen LogP contribution is 2.47. The van der Waals surface area contributed by atoms with Gasteiger partial charge >= 0.3 is 0 Å². The molecular formula is C16H22N2O2S3. The van der Waals surface area contributed by atoms with E-state index in [9.17, 15) is 9.59 Å². The number of amides is 2. The number of benzene rings is 1. The average molecular weight is 371 g/mol. The first-order chi connectivity index (χ1) is 10.5. The van der Waals surface area contributed by atoms with E-state index in [2.05, 4.69) is 0 Å². The Labute approximate surface area is 149 Å². The Morgan fingerprint density at radius 2 is 1.09 bits per heavy atom. The molecule has 23 heavy (non-hydrogen) atoms. The van der Waals surface area contributed by atoms with Crippen molar-refractivity contribution < 1.29 is 9.59 Å². The smallest absolute Gasteiger partial charge is 0.265 e. The minimum Gasteiger partial charge on any atom is -0.268 e. The van der Waals surface area contributed by atoms with Crippen LogP contribution < -0.4 is 0 Å². The number of hydrogen-bond acceptors (Lipinski definition) is 5. The van der Waals surface area contributed by atoms with Gasteiger partial charge in [-0.15, -0.1) is 0 Å². The Hall–Kier alpha value is -0.790. The van der Waals surface area contributed by atoms with Gasteiger partial charge in [0.2, 0.25) is 0 Å². The molecule has 7 heteroatoms. The zero-order valence-corrected chi connectivity index (χ0v) is 16.7. The molecule has 0 aromatic heterocycles. The van der Waals surface area contributed by atoms with Crippen molar-refractivity contribution in [3.8, 4) is 0 Å². The van der Waals surface area contributed by atoms with Crippen LogP contribution in [0.25, 0.3) is 0 Å². The third-order valence-electron chi connectivity index (χ3n) is 3.19. The fraction of sp³-hybridized carbons (Fsp3) is 0.500. The fourth-order valence-electron chi connectivity index (χ4n) is 2.05. The molecule has 2 rings (SSSR count). The van der Waals surface area contributed by atoms with Crippen molar-refractivity contribution in [2.45, 2.75) is 52.6 Å². The van der Waals surface area contributed by atoms with Crippen LogP contribution in [-0.4, -0.2) is 31.5 Å². The molecule has 2 amide bonds. The summed E-state index contributed by atoms with van der Waals surface area (Å²) >= 11 is 0. The van der Waals surface area contributed by atoms with E-state index in [1.807, 2.05) is 41.5 Å². The van der Waals surface area contributed by atoms with E-state index in [1.165, 1.54) is 31.8 Å². The molecule has 1 aromatic rings. The van der Waals surface area contributed by atoms with Gasteiger partial charge in [0.05, 0.1) is 11.1 Å². The lowest BCUT2D eigenvalue weighted by molar-refractivity contribution is 0.0755. The zero-order chi connectivity index (χ0) is 17.4. The van der Waals surface area contributed by atoms with Crippen molar-refractivity contribution in [2.24, 2.45) is 0 Å². The molecule has 0 saturated heterocycles. The van der Waals surface area contributed by atoms with E-state index < -0.39 is 0 Å². The Morgan fingerprint density at radius 3 is 1.39 bits per heavy atom. The van der Waals surface area contributed by atoms with Crippen LogP contribution in [0.5, 0.6) is 0 Å². The number of hydrogen-bond donors (Lipinski definition) is 0. The minimum absolute atomic E-state index is 0.129. The monoisotopic (exact) mass is 370 g/mol. The molecule has 0 saturated carbocycles. The van der Waals surface area contributed by atoms with Crippen molar-refractivity contribution >= 4 is 43.6 Å². The van der Waals surface area contributed by atoms with Crippen LogP contribution in [0.2, 0.25) is 0 Å². The molecule has 4 nitrogen and oxygen atoms in total. The molecule has 0 unspecified atom stereocenters. The van der Waals surface area contributed by atoms with Crippen LogP contribution in [-0.2, 0) is 0 Å². The molecule has 0 spiro atoms. The van der Waals surface area contributed by atoms with Crippen LogP contribution in [0.4, 0.5) is 0 Å². The van der Waals surface area contributed by atoms with Gasteiger partial charge in [-0.3, -0.25) is 18.2 Å². The van der Waals surface area contributed by atoms with Crippen molar-refractivity contribution in [1.82, 2.24) is 8.61 Å². The number of nitrogens with zero attached hydrogens (tertiary/aromatic N) is 2. The summed E-state index contributed by atoms with van der Waals surface area (Å²) in [5, 5.41) is 0. The molecule has 1 heterocycles. The summed E-state index contributed by atoms with van der Waals surface area (Å²) < 4.78 is 3.48. The molecule has 1 aliphatic rings. The first-order valence-electron chi connectivity index (χ1n) is 7.33. The molecule has 0 aliphatic carbocycles. The number of carbonyl (C=O) groups is 2. The lowest BCUT2D eigenvalue weighted by atomic mass is 10.0. The Morgan fingerprint density at radius 1 is 0.739 bits per heavy atom. The second kappa shape index (κ2) is 6.61. The van der Waals surface area contributed by atoms with Crippen molar-refractivity contribution in [2.75, 3.05) is 0 Å². The van der Waals surface area contributed by atoms with Gasteiger partial charge in [-0.2, -0.15) is 0 Å². The zero-order valence-electron chi connectivity index (χ0n) is 14.2. The van der Waals surface area contributed by atoms with E-state index in [0.717, 1.165) is 0 Å². The Bertz CT molecular complexity index is 567. The van der Waals surface area contributed by atoms with Gasteiger partial charge in [-0.1, -0.05) is 12.1 Å². The van der Waals surface area contributed by atoms with Gasteiger partial charge in [0.15, 0.2) is 0 Å². The SMILES string of the molecule is CC(C)(C)N1SSSN(C(C)(C)C)C(=O)c2ccccc2C1=O. The highest BCUT2D eigenvalue weighted by molar-refractivity contribution is 9.08. The largest absolute Gasteiger partial charge is 0.268 e. The molecule has 0 bridgehead atoms. The normalized spacial score (nSPS) is 17.5. The maximum absolute atomic E-state index is 13.0. The quantitative estimate of drug-likeness (QED) is 0.472. The molecule has 1 aliphatic heterocycles. The van der Waals surface area contributed by atoms with Crippen molar-refractivity contribution in [3.63, 3.8) is 0 Å². The highest BCUT2D eigenvalue weighted by atomic mass is 33.5. The average Bonchev–Trinajstić information content (AvgIpc) is 2.48. The highest BCUT2D eigenvalue weighted by Gasteiger charge is 2.37. The molecule has 1 aromatic carbocycles.